The van der Waals surface area contributed by atoms with E-state index in [-0.39, 0.29) is 43.0 Å². The van der Waals surface area contributed by atoms with Crippen LogP contribution in [0.2, 0.25) is 0 Å². The number of piperidine rings is 3. The zero-order valence-corrected chi connectivity index (χ0v) is 12.1. The van der Waals surface area contributed by atoms with Crippen molar-refractivity contribution in [2.75, 3.05) is 19.6 Å². The van der Waals surface area contributed by atoms with Crippen LogP contribution in [0.4, 0.5) is 0 Å². The Kier molecular flexibility index (Phi) is 3.53. The summed E-state index contributed by atoms with van der Waals surface area (Å²) >= 11 is 0. The summed E-state index contributed by atoms with van der Waals surface area (Å²) in [7, 11) is 0. The molecule has 116 valence electrons. The molecule has 2 bridgehead atoms. The molecule has 0 spiro atoms. The zero-order chi connectivity index (χ0) is 15.2. The lowest BCUT2D eigenvalue weighted by molar-refractivity contribution is -0.254. The molecule has 3 aliphatic heterocycles. The van der Waals surface area contributed by atoms with Gasteiger partial charge in [-0.05, 0) is 19.3 Å². The highest BCUT2D eigenvalue weighted by Crippen LogP contribution is 2.44. The average Bonchev–Trinajstić information content (AvgIpc) is 2.47. The van der Waals surface area contributed by atoms with Crippen LogP contribution in [-0.4, -0.2) is 63.3 Å². The summed E-state index contributed by atoms with van der Waals surface area (Å²) in [5, 5.41) is 21.2. The molecule has 0 saturated carbocycles. The fourth-order valence-corrected chi connectivity index (χ4v) is 3.99. The number of hydrogen-bond acceptors (Lipinski definition) is 4. The van der Waals surface area contributed by atoms with Gasteiger partial charge in [-0.2, -0.15) is 0 Å². The summed E-state index contributed by atoms with van der Waals surface area (Å²) in [6.07, 6.45) is 2.59. The topological polar surface area (TPSA) is 81.1 Å². The number of carbonyl (C=O) groups is 2. The lowest BCUT2D eigenvalue weighted by Crippen LogP contribution is -2.73. The van der Waals surface area contributed by atoms with Gasteiger partial charge in [0.25, 0.3) is 0 Å². The Morgan fingerprint density at radius 2 is 2.14 bits per heavy atom. The molecule has 3 fully saturated rings. The third kappa shape index (κ3) is 2.08. The first-order chi connectivity index (χ1) is 9.98. The molecule has 0 radical (unpaired) electrons. The van der Waals surface area contributed by atoms with Crippen LogP contribution in [0.25, 0.3) is 0 Å². The van der Waals surface area contributed by atoms with E-state index in [1.54, 1.807) is 11.0 Å². The minimum Gasteiger partial charge on any atom is -0.388 e. The first-order valence-electron chi connectivity index (χ1n) is 7.59. The van der Waals surface area contributed by atoms with Crippen molar-refractivity contribution < 1.29 is 19.8 Å². The van der Waals surface area contributed by atoms with Crippen LogP contribution in [0.1, 0.15) is 25.7 Å². The van der Waals surface area contributed by atoms with Gasteiger partial charge >= 0.3 is 0 Å². The van der Waals surface area contributed by atoms with E-state index >= 15 is 0 Å². The molecule has 3 saturated heterocycles. The number of aliphatic hydroxyl groups is 2. The monoisotopic (exact) mass is 294 g/mol. The molecule has 4 atom stereocenters. The number of likely N-dealkylation sites (tertiary alicyclic amines) is 1. The Bertz CT molecular complexity index is 480. The highest BCUT2D eigenvalue weighted by atomic mass is 16.4. The fourth-order valence-electron chi connectivity index (χ4n) is 3.99. The number of nitrogens with zero attached hydrogens (tertiary/aromatic N) is 2. The highest BCUT2D eigenvalue weighted by Gasteiger charge is 2.59. The van der Waals surface area contributed by atoms with Crippen LogP contribution in [-0.2, 0) is 9.59 Å². The van der Waals surface area contributed by atoms with Crippen LogP contribution in [0, 0.1) is 11.8 Å². The van der Waals surface area contributed by atoms with E-state index < -0.39 is 11.8 Å². The highest BCUT2D eigenvalue weighted by molar-refractivity contribution is 5.83. The molecule has 3 heterocycles. The van der Waals surface area contributed by atoms with Gasteiger partial charge in [0.15, 0.2) is 5.72 Å². The average molecular weight is 294 g/mol. The lowest BCUT2D eigenvalue weighted by atomic mass is 9.71. The van der Waals surface area contributed by atoms with Gasteiger partial charge in [-0.1, -0.05) is 6.08 Å². The van der Waals surface area contributed by atoms with E-state index in [0.29, 0.717) is 25.9 Å². The predicted octanol–water partition coefficient (Wildman–Crippen LogP) is -0.287. The van der Waals surface area contributed by atoms with Gasteiger partial charge in [0.2, 0.25) is 11.8 Å². The Morgan fingerprint density at radius 1 is 1.38 bits per heavy atom. The summed E-state index contributed by atoms with van der Waals surface area (Å²) in [5.74, 6) is -0.658. The molecule has 6 heteroatoms. The number of hydrogen-bond donors (Lipinski definition) is 2. The van der Waals surface area contributed by atoms with Crippen LogP contribution < -0.4 is 0 Å². The number of amides is 2. The normalized spacial score (nSPS) is 39.2. The smallest absolute Gasteiger partial charge is 0.227 e. The van der Waals surface area contributed by atoms with Gasteiger partial charge < -0.3 is 20.0 Å². The minimum atomic E-state index is -1.51. The molecule has 0 aromatic heterocycles. The van der Waals surface area contributed by atoms with E-state index in [0.717, 1.165) is 0 Å². The SMILES string of the molecule is C=CCCN1C[C@@H]2C[C@@H](CN3C(=O)CC[C@H](O)[C@]23O)C1=O. The van der Waals surface area contributed by atoms with Gasteiger partial charge in [-0.25, -0.2) is 0 Å². The molecule has 0 unspecified atom stereocenters. The van der Waals surface area contributed by atoms with E-state index in [1.807, 2.05) is 0 Å². The van der Waals surface area contributed by atoms with Crippen molar-refractivity contribution >= 4 is 11.8 Å². The molecular formula is C15H22N2O4. The van der Waals surface area contributed by atoms with Crippen molar-refractivity contribution in [2.45, 2.75) is 37.5 Å². The first kappa shape index (κ1) is 14.5. The van der Waals surface area contributed by atoms with Crippen molar-refractivity contribution in [2.24, 2.45) is 11.8 Å². The van der Waals surface area contributed by atoms with E-state index in [1.165, 1.54) is 4.90 Å². The zero-order valence-electron chi connectivity index (χ0n) is 12.1. The maximum Gasteiger partial charge on any atom is 0.227 e. The minimum absolute atomic E-state index is 0.0445. The number of aliphatic hydroxyl groups excluding tert-OH is 1. The van der Waals surface area contributed by atoms with Crippen molar-refractivity contribution in [3.8, 4) is 0 Å². The fraction of sp³-hybridized carbons (Fsp3) is 0.733. The van der Waals surface area contributed by atoms with Gasteiger partial charge in [0.1, 0.15) is 6.10 Å². The van der Waals surface area contributed by atoms with Crippen LogP contribution >= 0.6 is 0 Å². The van der Waals surface area contributed by atoms with Gasteiger partial charge in [0.05, 0.1) is 5.92 Å². The Labute approximate surface area is 124 Å². The van der Waals surface area contributed by atoms with Crippen LogP contribution in [0.3, 0.4) is 0 Å². The maximum atomic E-state index is 12.4. The second-order valence-corrected chi connectivity index (χ2v) is 6.33. The Morgan fingerprint density at radius 3 is 2.86 bits per heavy atom. The first-order valence-corrected chi connectivity index (χ1v) is 7.59. The third-order valence-corrected chi connectivity index (χ3v) is 5.13. The molecular weight excluding hydrogens is 272 g/mol. The number of carbonyl (C=O) groups excluding carboxylic acids is 2. The summed E-state index contributed by atoms with van der Waals surface area (Å²) in [5.41, 5.74) is -1.51. The van der Waals surface area contributed by atoms with Crippen molar-refractivity contribution in [1.29, 1.82) is 0 Å². The second-order valence-electron chi connectivity index (χ2n) is 6.33. The summed E-state index contributed by atoms with van der Waals surface area (Å²) in [6, 6.07) is 0. The molecule has 3 rings (SSSR count). The van der Waals surface area contributed by atoms with Gasteiger partial charge in [-0.3, -0.25) is 9.59 Å². The van der Waals surface area contributed by atoms with E-state index in [4.69, 9.17) is 0 Å². The molecule has 21 heavy (non-hydrogen) atoms. The lowest BCUT2D eigenvalue weighted by Gasteiger charge is -2.58. The van der Waals surface area contributed by atoms with Crippen molar-refractivity contribution in [3.63, 3.8) is 0 Å². The summed E-state index contributed by atoms with van der Waals surface area (Å²) in [4.78, 5) is 27.6. The molecule has 0 aliphatic carbocycles. The number of rotatable bonds is 3. The molecule has 2 N–H and O–H groups in total. The van der Waals surface area contributed by atoms with Crippen LogP contribution in [0.15, 0.2) is 12.7 Å². The van der Waals surface area contributed by atoms with Crippen LogP contribution in [0.5, 0.6) is 0 Å². The van der Waals surface area contributed by atoms with Crippen molar-refractivity contribution in [1.82, 2.24) is 9.80 Å². The van der Waals surface area contributed by atoms with Crippen molar-refractivity contribution in [3.05, 3.63) is 12.7 Å². The molecule has 2 amide bonds. The van der Waals surface area contributed by atoms with E-state index in [9.17, 15) is 19.8 Å². The molecule has 3 aliphatic rings. The standard InChI is InChI=1S/C15H22N2O4/c1-2-3-6-16-9-11-7-10(14(16)20)8-17-13(19)5-4-12(18)15(11,17)21/h2,10-12,18,21H,1,3-9H2/t10-,11-,12-,15+/m0/s1. The Balaban J connectivity index is 1.88. The van der Waals surface area contributed by atoms with E-state index in [2.05, 4.69) is 6.58 Å². The molecule has 0 aromatic carbocycles. The third-order valence-electron chi connectivity index (χ3n) is 5.13. The van der Waals surface area contributed by atoms with Gasteiger partial charge in [0, 0.05) is 32.0 Å². The molecule has 6 nitrogen and oxygen atoms in total. The predicted molar refractivity (Wildman–Crippen MR) is 74.9 cm³/mol. The largest absolute Gasteiger partial charge is 0.388 e. The maximum absolute atomic E-state index is 12.4. The number of fused-ring (bicyclic) bond motifs is 4. The summed E-state index contributed by atoms with van der Waals surface area (Å²) in [6.45, 7) is 4.85. The Hall–Kier alpha value is -1.40. The van der Waals surface area contributed by atoms with Gasteiger partial charge in [-0.15, -0.1) is 6.58 Å². The summed E-state index contributed by atoms with van der Waals surface area (Å²) < 4.78 is 0. The second kappa shape index (κ2) is 5.10. The quantitative estimate of drug-likeness (QED) is 0.701. The molecule has 0 aromatic rings.